The van der Waals surface area contributed by atoms with Crippen LogP contribution in [0, 0.1) is 0 Å². The zero-order valence-electron chi connectivity index (χ0n) is 38.5. The normalized spacial score (nSPS) is 34.3. The number of aliphatic hydroxyl groups is 9. The number of hydrogen-bond donors (Lipinski definition) is 10. The Morgan fingerprint density at radius 2 is 1.38 bits per heavy atom. The van der Waals surface area contributed by atoms with Crippen LogP contribution in [0.4, 0.5) is 0 Å². The van der Waals surface area contributed by atoms with Gasteiger partial charge in [-0.05, 0) is 25.1 Å². The Balaban J connectivity index is 1.67. The summed E-state index contributed by atoms with van der Waals surface area (Å²) in [6.07, 6.45) is -18.3. The molecule has 2 aliphatic rings. The second-order valence-corrected chi connectivity index (χ2v) is 11.2. The van der Waals surface area contributed by atoms with Crippen LogP contribution in [0.15, 0.2) is 39.5 Å². The summed E-state index contributed by atoms with van der Waals surface area (Å²) in [4.78, 5) is 14.3. The van der Waals surface area contributed by atoms with E-state index in [-0.39, 0.29) is 0 Å². The van der Waals surface area contributed by atoms with Crippen molar-refractivity contribution in [2.75, 3.05) is 46.0 Å². The maximum atomic E-state index is 14.3. The van der Waals surface area contributed by atoms with E-state index in [1.165, 1.54) is 6.92 Å². The third-order valence-electron chi connectivity index (χ3n) is 7.88. The minimum atomic E-state index is -3.83. The van der Waals surface area contributed by atoms with Crippen molar-refractivity contribution in [3.8, 4) is 40.1 Å². The van der Waals surface area contributed by atoms with E-state index in [9.17, 15) is 55.9 Å². The van der Waals surface area contributed by atoms with Crippen LogP contribution in [0.2, 0.25) is 0 Å². The molecule has 0 spiro atoms. The Hall–Kier alpha value is -3.83. The minimum Gasteiger partial charge on any atom is -0.507 e. The summed E-state index contributed by atoms with van der Waals surface area (Å²) in [6.45, 7) is -21.7. The van der Waals surface area contributed by atoms with E-state index in [1.54, 1.807) is 0 Å². The molecule has 10 atom stereocenters. The van der Waals surface area contributed by atoms with Crippen molar-refractivity contribution in [2.24, 2.45) is 0 Å². The van der Waals surface area contributed by atoms with Gasteiger partial charge in [0, 0.05) is 17.7 Å². The lowest BCUT2D eigenvalue weighted by Gasteiger charge is -2.42. The number of fused-ring (bicyclic) bond motifs is 1. The highest BCUT2D eigenvalue weighted by atomic mass is 16.7. The Morgan fingerprint density at radius 3 is 2.08 bits per heavy atom. The molecule has 10 N–H and O–H groups in total. The monoisotopic (exact) mass is 754 g/mol. The largest absolute Gasteiger partial charge is 0.507 e. The van der Waals surface area contributed by atoms with E-state index in [2.05, 4.69) is 0 Å². The van der Waals surface area contributed by atoms with Gasteiger partial charge in [-0.15, -0.1) is 0 Å². The molecule has 2 saturated heterocycles. The van der Waals surface area contributed by atoms with Gasteiger partial charge in [0.15, 0.2) is 23.5 Å². The average Bonchev–Trinajstić information content (AvgIpc) is 3.15. The second kappa shape index (κ2) is 17.3. The molecular weight excluding hydrogens is 700 g/mol. The van der Waals surface area contributed by atoms with E-state index in [0.29, 0.717) is 24.3 Å². The molecule has 0 bridgehead atoms. The van der Waals surface area contributed by atoms with Crippen LogP contribution in [-0.4, -0.2) is 158 Å². The molecule has 3 aromatic rings. The first-order chi connectivity index (χ1) is 29.1. The molecule has 3 unspecified atom stereocenters. The molecule has 2 aromatic carbocycles. The SMILES string of the molecule is [2H]C([2H])(O)C([2H])([2H])Oc1cc(O)c2c(=O)c(O[C@H]3OC(COC4O[C@H](C)[C@@H](O)[C@H](O)C4O)[C@H](O)[C@@H](O)[C@@H]3O)c(-c3ccc(OC([2H])([2H])C([2H])([2H])O)c(OC([2H])([2H])C([2H])([2H])O)c3)oc2c1. The maximum Gasteiger partial charge on any atom is 0.239 e. The van der Waals surface area contributed by atoms with Gasteiger partial charge in [-0.1, -0.05) is 0 Å². The molecule has 0 saturated carbocycles. The van der Waals surface area contributed by atoms with Gasteiger partial charge in [0.2, 0.25) is 17.5 Å². The van der Waals surface area contributed by atoms with Crippen molar-refractivity contribution < 1.29 is 105 Å². The Labute approximate surface area is 311 Å². The Bertz CT molecular complexity index is 2220. The average molecular weight is 755 g/mol. The summed E-state index contributed by atoms with van der Waals surface area (Å²) in [6, 6.07) is 3.42. The van der Waals surface area contributed by atoms with Crippen molar-refractivity contribution in [1.29, 1.82) is 0 Å². The predicted molar refractivity (Wildman–Crippen MR) is 173 cm³/mol. The van der Waals surface area contributed by atoms with E-state index in [4.69, 9.17) is 54.0 Å². The van der Waals surface area contributed by atoms with Crippen molar-refractivity contribution in [3.63, 3.8) is 0 Å². The highest BCUT2D eigenvalue weighted by Gasteiger charge is 2.48. The number of rotatable bonds is 15. The van der Waals surface area contributed by atoms with Crippen LogP contribution in [0.5, 0.6) is 28.7 Å². The Morgan fingerprint density at radius 1 is 0.750 bits per heavy atom. The molecule has 19 nitrogen and oxygen atoms in total. The first-order valence-electron chi connectivity index (χ1n) is 21.0. The van der Waals surface area contributed by atoms with Crippen LogP contribution >= 0.6 is 0 Å². The number of hydrogen-bond acceptors (Lipinski definition) is 19. The summed E-state index contributed by atoms with van der Waals surface area (Å²) in [7, 11) is 0. The molecule has 0 amide bonds. The molecule has 52 heavy (non-hydrogen) atoms. The third kappa shape index (κ3) is 8.36. The predicted octanol–water partition coefficient (Wildman–Crippen LogP) is -2.69. The molecule has 0 radical (unpaired) electrons. The number of ether oxygens (including phenoxy) is 7. The van der Waals surface area contributed by atoms with E-state index in [1.807, 2.05) is 0 Å². The number of phenolic OH excluding ortho intramolecular Hbond substituents is 1. The molecule has 2 aliphatic heterocycles. The molecule has 5 rings (SSSR count). The van der Waals surface area contributed by atoms with E-state index < -0.39 is 164 Å². The van der Waals surface area contributed by atoms with Crippen molar-refractivity contribution in [3.05, 3.63) is 40.6 Å². The van der Waals surface area contributed by atoms with Gasteiger partial charge in [0.1, 0.15) is 84.9 Å². The lowest BCUT2D eigenvalue weighted by atomic mass is 9.98. The van der Waals surface area contributed by atoms with Crippen LogP contribution in [0.25, 0.3) is 22.3 Å². The number of benzene rings is 2. The lowest BCUT2D eigenvalue weighted by Crippen LogP contribution is -2.61. The maximum absolute atomic E-state index is 14.3. The first kappa shape index (κ1) is 26.0. The number of aromatic hydroxyl groups is 1. The molecule has 3 heterocycles. The van der Waals surface area contributed by atoms with Crippen molar-refractivity contribution >= 4 is 11.0 Å². The van der Waals surface area contributed by atoms with Gasteiger partial charge in [-0.2, -0.15) is 0 Å². The number of aliphatic hydroxyl groups excluding tert-OH is 6. The summed E-state index contributed by atoms with van der Waals surface area (Å²) >= 11 is 0. The summed E-state index contributed by atoms with van der Waals surface area (Å²) in [5, 5.41) is 103. The van der Waals surface area contributed by atoms with Crippen LogP contribution < -0.4 is 24.4 Å². The molecule has 1 aromatic heterocycles. The molecule has 0 aliphatic carbocycles. The molecular formula is C33H42O19. The van der Waals surface area contributed by atoms with Gasteiger partial charge in [-0.3, -0.25) is 4.79 Å². The van der Waals surface area contributed by atoms with Crippen molar-refractivity contribution in [2.45, 2.75) is 68.3 Å². The summed E-state index contributed by atoms with van der Waals surface area (Å²) < 4.78 is 134. The Kier molecular flexibility index (Phi) is 8.67. The fraction of sp³-hybridized carbons (Fsp3) is 0.545. The topological polar surface area (TPSA) is 297 Å². The van der Waals surface area contributed by atoms with Crippen LogP contribution in [-0.2, 0) is 14.2 Å². The van der Waals surface area contributed by atoms with E-state index in [0.717, 1.165) is 6.07 Å². The zero-order chi connectivity index (χ0) is 48.4. The van der Waals surface area contributed by atoms with E-state index >= 15 is 0 Å². The number of phenols is 1. The van der Waals surface area contributed by atoms with Crippen LogP contribution in [0.3, 0.4) is 0 Å². The molecule has 2 fully saturated rings. The van der Waals surface area contributed by atoms with Gasteiger partial charge >= 0.3 is 0 Å². The fourth-order valence-electron chi connectivity index (χ4n) is 5.27. The minimum absolute atomic E-state index is 0.574. The smallest absolute Gasteiger partial charge is 0.239 e. The quantitative estimate of drug-likeness (QED) is 0.0755. The molecule has 19 heteroatoms. The summed E-state index contributed by atoms with van der Waals surface area (Å²) in [5.74, 6) is -5.97. The third-order valence-corrected chi connectivity index (χ3v) is 7.88. The van der Waals surface area contributed by atoms with Crippen molar-refractivity contribution in [1.82, 2.24) is 0 Å². The van der Waals surface area contributed by atoms with Crippen LogP contribution in [0.1, 0.15) is 23.4 Å². The van der Waals surface area contributed by atoms with Gasteiger partial charge in [0.05, 0.1) is 48.8 Å². The standard InChI is InChI=1S/C33H42O19/c1-14-23(38)26(41)28(43)32(49-14)48-13-21-24(39)27(42)29(44)33(51-21)52-31-25(40)22-17(37)11-16(45-7-4-34)12-20(22)50-30(31)15-2-3-18(46-8-5-35)19(10-15)47-9-6-36/h2-3,10-12,14,21,23-24,26-29,32-39,41-44H,4-9,13H2,1H3/t14-,21?,23-,24+,26+,27-,28?,29+,32?,33-/m1/s1/i4D2,5D2,6D2,7D2,8D2,9D2. The highest BCUT2D eigenvalue weighted by Crippen LogP contribution is 2.40. The molecule has 288 valence electrons. The second-order valence-electron chi connectivity index (χ2n) is 11.2. The van der Waals surface area contributed by atoms with Gasteiger partial charge < -0.3 is 88.6 Å². The zero-order valence-corrected chi connectivity index (χ0v) is 26.5. The lowest BCUT2D eigenvalue weighted by molar-refractivity contribution is -0.318. The fourth-order valence-corrected chi connectivity index (χ4v) is 5.27. The van der Waals surface area contributed by atoms with Gasteiger partial charge in [-0.25, -0.2) is 0 Å². The van der Waals surface area contributed by atoms with Gasteiger partial charge in [0.25, 0.3) is 0 Å². The summed E-state index contributed by atoms with van der Waals surface area (Å²) in [5.41, 5.74) is -2.75. The first-order valence-corrected chi connectivity index (χ1v) is 15.0. The highest BCUT2D eigenvalue weighted by molar-refractivity contribution is 5.88.